The van der Waals surface area contributed by atoms with Gasteiger partial charge in [-0.3, -0.25) is 19.2 Å². The van der Waals surface area contributed by atoms with Gasteiger partial charge in [-0.25, -0.2) is 0 Å². The van der Waals surface area contributed by atoms with Gasteiger partial charge in [0.05, 0.1) is 0 Å². The van der Waals surface area contributed by atoms with Crippen LogP contribution >= 0.6 is 0 Å². The zero-order chi connectivity index (χ0) is 24.9. The summed E-state index contributed by atoms with van der Waals surface area (Å²) < 4.78 is 17.0. The van der Waals surface area contributed by atoms with Crippen molar-refractivity contribution in [1.29, 1.82) is 0 Å². The van der Waals surface area contributed by atoms with Crippen molar-refractivity contribution in [2.45, 2.75) is 92.1 Å². The van der Waals surface area contributed by atoms with E-state index < -0.39 is 29.4 Å². The Morgan fingerprint density at radius 2 is 1.52 bits per heavy atom. The van der Waals surface area contributed by atoms with Crippen molar-refractivity contribution in [2.75, 3.05) is 0 Å². The van der Waals surface area contributed by atoms with Gasteiger partial charge in [-0.1, -0.05) is 41.0 Å². The van der Waals surface area contributed by atoms with E-state index in [1.807, 2.05) is 20.8 Å². The van der Waals surface area contributed by atoms with Crippen LogP contribution in [0, 0.1) is 11.3 Å². The molecule has 180 valence electrons. The number of ketones is 1. The van der Waals surface area contributed by atoms with Gasteiger partial charge < -0.3 is 14.2 Å². The Bertz CT molecular complexity index is 1020. The van der Waals surface area contributed by atoms with Gasteiger partial charge in [0.15, 0.2) is 17.6 Å². The maximum absolute atomic E-state index is 13.9. The van der Waals surface area contributed by atoms with E-state index in [4.69, 9.17) is 14.2 Å². The first-order valence-corrected chi connectivity index (χ1v) is 11.5. The van der Waals surface area contributed by atoms with Gasteiger partial charge in [-0.05, 0) is 30.2 Å². The Hall–Kier alpha value is -2.70. The van der Waals surface area contributed by atoms with Crippen LogP contribution in [0.4, 0.5) is 0 Å². The number of esters is 3. The highest BCUT2D eigenvalue weighted by Gasteiger charge is 2.60. The molecule has 3 atom stereocenters. The molecule has 0 spiro atoms. The predicted octanol–water partition coefficient (Wildman–Crippen LogP) is 4.87. The lowest BCUT2D eigenvalue weighted by Gasteiger charge is -2.56. The molecule has 33 heavy (non-hydrogen) atoms. The fourth-order valence-electron chi connectivity index (χ4n) is 6.05. The maximum Gasteiger partial charge on any atom is 0.308 e. The van der Waals surface area contributed by atoms with Crippen molar-refractivity contribution in [2.24, 2.45) is 11.3 Å². The predicted molar refractivity (Wildman–Crippen MR) is 122 cm³/mol. The summed E-state index contributed by atoms with van der Waals surface area (Å²) in [5.74, 6) is -2.12. The van der Waals surface area contributed by atoms with Crippen LogP contribution in [0.3, 0.4) is 0 Å². The largest absolute Gasteiger partial charge is 0.454 e. The molecule has 2 aliphatic carbocycles. The second-order valence-corrected chi connectivity index (χ2v) is 10.5. The summed E-state index contributed by atoms with van der Waals surface area (Å²) in [6.07, 6.45) is 1.50. The van der Waals surface area contributed by atoms with Crippen molar-refractivity contribution >= 4 is 23.7 Å². The topological polar surface area (TPSA) is 96.0 Å². The summed E-state index contributed by atoms with van der Waals surface area (Å²) >= 11 is 0. The van der Waals surface area contributed by atoms with Gasteiger partial charge in [0, 0.05) is 48.8 Å². The summed E-state index contributed by atoms with van der Waals surface area (Å²) in [6.45, 7) is 13.9. The van der Waals surface area contributed by atoms with Crippen molar-refractivity contribution in [1.82, 2.24) is 0 Å². The Labute approximate surface area is 195 Å². The van der Waals surface area contributed by atoms with E-state index >= 15 is 0 Å². The van der Waals surface area contributed by atoms with Crippen LogP contribution in [0.25, 0.3) is 0 Å². The molecule has 0 amide bonds. The zero-order valence-corrected chi connectivity index (χ0v) is 20.8. The van der Waals surface area contributed by atoms with Crippen LogP contribution in [0.1, 0.15) is 102 Å². The molecule has 1 saturated carbocycles. The van der Waals surface area contributed by atoms with E-state index in [-0.39, 0.29) is 34.5 Å². The third-order valence-electron chi connectivity index (χ3n) is 7.11. The van der Waals surface area contributed by atoms with Gasteiger partial charge in [-0.2, -0.15) is 0 Å². The third-order valence-corrected chi connectivity index (χ3v) is 7.11. The standard InChI is InChI=1S/C26H34O7/c1-13(2)17-12-18-19(22(32-15(4)28)21(17)31-14(3)27)26(8)11-9-10-25(6,7)24(26)23(20(18)30)33-16(5)29/h12-13,23-24H,9-11H2,1-8H3/t23?,24-,26+/m0/s1. The molecule has 7 nitrogen and oxygen atoms in total. The molecule has 1 fully saturated rings. The molecule has 0 heterocycles. The highest BCUT2D eigenvalue weighted by molar-refractivity contribution is 6.05. The average molecular weight is 459 g/mol. The summed E-state index contributed by atoms with van der Waals surface area (Å²) in [5, 5.41) is 0. The monoisotopic (exact) mass is 458 g/mol. The fourth-order valence-corrected chi connectivity index (χ4v) is 6.05. The van der Waals surface area contributed by atoms with Crippen LogP contribution < -0.4 is 9.47 Å². The van der Waals surface area contributed by atoms with Gasteiger partial charge in [0.25, 0.3) is 0 Å². The summed E-state index contributed by atoms with van der Waals surface area (Å²) in [4.78, 5) is 50.1. The number of hydrogen-bond acceptors (Lipinski definition) is 7. The minimum Gasteiger partial charge on any atom is -0.454 e. The lowest BCUT2D eigenvalue weighted by molar-refractivity contribution is -0.153. The van der Waals surface area contributed by atoms with E-state index in [2.05, 4.69) is 13.8 Å². The van der Waals surface area contributed by atoms with Gasteiger partial charge in [0.1, 0.15) is 0 Å². The van der Waals surface area contributed by atoms with Crippen LogP contribution in [-0.4, -0.2) is 29.8 Å². The van der Waals surface area contributed by atoms with E-state index in [1.54, 1.807) is 6.07 Å². The molecule has 0 N–H and O–H groups in total. The van der Waals surface area contributed by atoms with Gasteiger partial charge in [-0.15, -0.1) is 0 Å². The number of carbonyl (C=O) groups excluding carboxylic acids is 4. The lowest BCUT2D eigenvalue weighted by Crippen LogP contribution is -2.58. The molecular formula is C26H34O7. The van der Waals surface area contributed by atoms with Crippen molar-refractivity contribution in [3.8, 4) is 11.5 Å². The first kappa shape index (κ1) is 24.9. The molecule has 7 heteroatoms. The number of benzene rings is 1. The highest BCUT2D eigenvalue weighted by atomic mass is 16.6. The van der Waals surface area contributed by atoms with Crippen molar-refractivity contribution in [3.05, 3.63) is 22.8 Å². The maximum atomic E-state index is 13.9. The van der Waals surface area contributed by atoms with E-state index in [9.17, 15) is 19.2 Å². The Kier molecular flexibility index (Phi) is 6.48. The van der Waals surface area contributed by atoms with Gasteiger partial charge in [0.2, 0.25) is 5.78 Å². The fraction of sp³-hybridized carbons (Fsp3) is 0.615. The molecule has 0 bridgehead atoms. The molecule has 0 aromatic heterocycles. The number of carbonyl (C=O) groups is 4. The molecule has 0 radical (unpaired) electrons. The SMILES string of the molecule is CC(=O)Oc1c(C(C)C)cc2c(c1OC(C)=O)[C@@]1(C)CCCC(C)(C)[C@@H]1C(OC(C)=O)C2=O. The van der Waals surface area contributed by atoms with E-state index in [1.165, 1.54) is 20.8 Å². The summed E-state index contributed by atoms with van der Waals surface area (Å²) in [6, 6.07) is 1.72. The summed E-state index contributed by atoms with van der Waals surface area (Å²) in [7, 11) is 0. The zero-order valence-electron chi connectivity index (χ0n) is 20.8. The Balaban J connectivity index is 2.45. The molecule has 1 aromatic rings. The molecule has 3 rings (SSSR count). The lowest BCUT2D eigenvalue weighted by atomic mass is 9.49. The first-order chi connectivity index (χ1) is 15.2. The Morgan fingerprint density at radius 3 is 2.03 bits per heavy atom. The van der Waals surface area contributed by atoms with Crippen LogP contribution in [0.15, 0.2) is 6.07 Å². The second kappa shape index (κ2) is 8.58. The average Bonchev–Trinajstić information content (AvgIpc) is 2.64. The number of rotatable bonds is 4. The molecule has 0 saturated heterocycles. The smallest absolute Gasteiger partial charge is 0.308 e. The minimum absolute atomic E-state index is 0.124. The molecule has 1 unspecified atom stereocenters. The van der Waals surface area contributed by atoms with Crippen molar-refractivity contribution in [3.63, 3.8) is 0 Å². The normalized spacial score (nSPS) is 25.7. The number of fused-ring (bicyclic) bond motifs is 3. The highest BCUT2D eigenvalue weighted by Crippen LogP contribution is 2.61. The Morgan fingerprint density at radius 1 is 0.939 bits per heavy atom. The molecule has 0 aliphatic heterocycles. The summed E-state index contributed by atoms with van der Waals surface area (Å²) in [5.41, 5.74) is 0.511. The van der Waals surface area contributed by atoms with E-state index in [0.29, 0.717) is 23.1 Å². The number of Topliss-reactive ketones (excluding diaryl/α,β-unsaturated/α-hetero) is 1. The second-order valence-electron chi connectivity index (χ2n) is 10.5. The first-order valence-electron chi connectivity index (χ1n) is 11.5. The van der Waals surface area contributed by atoms with E-state index in [0.717, 1.165) is 12.8 Å². The molecule has 2 aliphatic rings. The van der Waals surface area contributed by atoms with Crippen LogP contribution in [-0.2, 0) is 24.5 Å². The minimum atomic E-state index is -0.944. The van der Waals surface area contributed by atoms with Crippen LogP contribution in [0.2, 0.25) is 0 Å². The number of ether oxygens (including phenoxy) is 3. The quantitative estimate of drug-likeness (QED) is 0.469. The van der Waals surface area contributed by atoms with Crippen LogP contribution in [0.5, 0.6) is 11.5 Å². The number of hydrogen-bond donors (Lipinski definition) is 0. The molecular weight excluding hydrogens is 424 g/mol. The third kappa shape index (κ3) is 4.30. The molecule has 1 aromatic carbocycles. The van der Waals surface area contributed by atoms with Gasteiger partial charge >= 0.3 is 17.9 Å². The van der Waals surface area contributed by atoms with Crippen molar-refractivity contribution < 1.29 is 33.4 Å².